The first kappa shape index (κ1) is 23.9. The molecule has 1 saturated heterocycles. The Hall–Kier alpha value is -3.29. The summed E-state index contributed by atoms with van der Waals surface area (Å²) >= 11 is 6.76. The Balaban J connectivity index is 1.58. The summed E-state index contributed by atoms with van der Waals surface area (Å²) in [4.78, 5) is 39.3. The molecule has 0 saturated carbocycles. The molecule has 0 aromatic heterocycles. The molecule has 0 aliphatic carbocycles. The average molecular weight is 495 g/mol. The maximum Gasteiger partial charge on any atom is 0.294 e. The monoisotopic (exact) mass is 494 g/mol. The minimum Gasteiger partial charge on any atom is -0.493 e. The highest BCUT2D eigenvalue weighted by Gasteiger charge is 2.36. The van der Waals surface area contributed by atoms with Gasteiger partial charge in [0.1, 0.15) is 12.3 Å². The van der Waals surface area contributed by atoms with Gasteiger partial charge in [-0.3, -0.25) is 19.3 Å². The summed E-state index contributed by atoms with van der Waals surface area (Å²) in [6.07, 6.45) is 3.59. The zero-order valence-electron chi connectivity index (χ0n) is 18.5. The quantitative estimate of drug-likeness (QED) is 0.292. The van der Waals surface area contributed by atoms with Crippen molar-refractivity contribution in [2.75, 3.05) is 18.5 Å². The van der Waals surface area contributed by atoms with E-state index in [2.05, 4.69) is 12.2 Å². The van der Waals surface area contributed by atoms with Crippen LogP contribution in [0, 0.1) is 0 Å². The molecule has 3 aromatic rings. The highest BCUT2D eigenvalue weighted by Crippen LogP contribution is 2.37. The van der Waals surface area contributed by atoms with Gasteiger partial charge in [-0.25, -0.2) is 0 Å². The second kappa shape index (κ2) is 10.8. The van der Waals surface area contributed by atoms with Crippen molar-refractivity contribution in [2.24, 2.45) is 0 Å². The lowest BCUT2D eigenvalue weighted by molar-refractivity contribution is -0.127. The van der Waals surface area contributed by atoms with E-state index in [0.717, 1.165) is 45.8 Å². The van der Waals surface area contributed by atoms with Gasteiger partial charge in [0.2, 0.25) is 5.91 Å². The number of halogens is 1. The highest BCUT2D eigenvalue weighted by molar-refractivity contribution is 8.18. The lowest BCUT2D eigenvalue weighted by Crippen LogP contribution is -2.36. The fourth-order valence-electron chi connectivity index (χ4n) is 3.55. The topological polar surface area (TPSA) is 75.7 Å². The molecule has 0 atom stereocenters. The number of hydrogen-bond donors (Lipinski definition) is 1. The van der Waals surface area contributed by atoms with Gasteiger partial charge in [-0.1, -0.05) is 61.3 Å². The highest BCUT2D eigenvalue weighted by atomic mass is 35.5. The largest absolute Gasteiger partial charge is 0.493 e. The molecule has 3 amide bonds. The van der Waals surface area contributed by atoms with E-state index >= 15 is 0 Å². The van der Waals surface area contributed by atoms with Gasteiger partial charge in [0.15, 0.2) is 0 Å². The molecule has 1 aliphatic rings. The number of fused-ring (bicyclic) bond motifs is 1. The first-order valence-electron chi connectivity index (χ1n) is 10.9. The van der Waals surface area contributed by atoms with Crippen LogP contribution >= 0.6 is 23.4 Å². The van der Waals surface area contributed by atoms with Crippen LogP contribution < -0.4 is 10.1 Å². The van der Waals surface area contributed by atoms with Gasteiger partial charge in [-0.05, 0) is 59.3 Å². The van der Waals surface area contributed by atoms with Gasteiger partial charge in [0, 0.05) is 16.3 Å². The number of nitrogens with one attached hydrogen (secondary N) is 1. The minimum atomic E-state index is -0.510. The predicted molar refractivity (Wildman–Crippen MR) is 137 cm³/mol. The number of nitrogens with zero attached hydrogens (tertiary/aromatic N) is 1. The number of rotatable bonds is 8. The van der Waals surface area contributed by atoms with Crippen LogP contribution in [0.5, 0.6) is 5.75 Å². The lowest BCUT2D eigenvalue weighted by atomic mass is 10.0. The second-order valence-electron chi connectivity index (χ2n) is 7.73. The molecule has 6 nitrogen and oxygen atoms in total. The van der Waals surface area contributed by atoms with Gasteiger partial charge >= 0.3 is 0 Å². The molecule has 1 fully saturated rings. The van der Waals surface area contributed by atoms with Crippen molar-refractivity contribution in [3.05, 3.63) is 76.2 Å². The van der Waals surface area contributed by atoms with Gasteiger partial charge in [0.25, 0.3) is 11.1 Å². The Labute approximate surface area is 206 Å². The molecule has 1 heterocycles. The maximum atomic E-state index is 13.0. The summed E-state index contributed by atoms with van der Waals surface area (Å²) in [5, 5.41) is 4.55. The van der Waals surface area contributed by atoms with Crippen molar-refractivity contribution in [3.63, 3.8) is 0 Å². The molecule has 0 spiro atoms. The average Bonchev–Trinajstić information content (AvgIpc) is 3.07. The van der Waals surface area contributed by atoms with Crippen LogP contribution in [-0.4, -0.2) is 35.1 Å². The number of unbranched alkanes of at least 4 members (excludes halogenated alkanes) is 1. The zero-order chi connectivity index (χ0) is 24.1. The number of carbonyl (C=O) groups is 3. The van der Waals surface area contributed by atoms with Crippen LogP contribution in [0.25, 0.3) is 16.8 Å². The molecule has 34 heavy (non-hydrogen) atoms. The van der Waals surface area contributed by atoms with Crippen molar-refractivity contribution >= 4 is 63.0 Å². The first-order chi connectivity index (χ1) is 16.5. The molecule has 0 bridgehead atoms. The van der Waals surface area contributed by atoms with Gasteiger partial charge in [-0.15, -0.1) is 0 Å². The van der Waals surface area contributed by atoms with E-state index < -0.39 is 17.1 Å². The summed E-state index contributed by atoms with van der Waals surface area (Å²) in [5.74, 6) is -0.346. The number of ether oxygens (including phenoxy) is 1. The lowest BCUT2D eigenvalue weighted by Gasteiger charge is -2.13. The third kappa shape index (κ3) is 5.43. The number of amides is 3. The first-order valence-corrected chi connectivity index (χ1v) is 12.1. The Morgan fingerprint density at radius 3 is 2.74 bits per heavy atom. The van der Waals surface area contributed by atoms with E-state index in [1.165, 1.54) is 0 Å². The maximum absolute atomic E-state index is 13.0. The van der Waals surface area contributed by atoms with Crippen molar-refractivity contribution in [1.29, 1.82) is 0 Å². The summed E-state index contributed by atoms with van der Waals surface area (Å²) in [7, 11) is 0. The molecular weight excluding hydrogens is 472 g/mol. The second-order valence-corrected chi connectivity index (χ2v) is 9.16. The van der Waals surface area contributed by atoms with Crippen LogP contribution in [-0.2, 0) is 9.59 Å². The normalized spacial score (nSPS) is 14.8. The van der Waals surface area contributed by atoms with E-state index in [-0.39, 0.29) is 11.4 Å². The van der Waals surface area contributed by atoms with Crippen molar-refractivity contribution < 1.29 is 19.1 Å². The van der Waals surface area contributed by atoms with Crippen LogP contribution in [0.1, 0.15) is 25.3 Å². The Kier molecular flexibility index (Phi) is 7.55. The minimum absolute atomic E-state index is 0.247. The Bertz CT molecular complexity index is 1290. The van der Waals surface area contributed by atoms with Crippen LogP contribution in [0.3, 0.4) is 0 Å². The number of hydrogen-bond acceptors (Lipinski definition) is 5. The molecule has 4 rings (SSSR count). The summed E-state index contributed by atoms with van der Waals surface area (Å²) in [6.45, 7) is 2.26. The Morgan fingerprint density at radius 1 is 1.12 bits per heavy atom. The third-order valence-electron chi connectivity index (χ3n) is 5.25. The third-order valence-corrected chi connectivity index (χ3v) is 6.39. The van der Waals surface area contributed by atoms with Crippen molar-refractivity contribution in [2.45, 2.75) is 19.8 Å². The molecule has 3 aromatic carbocycles. The standard InChI is InChI=1S/C26H23ClN2O4S/c1-2-3-13-33-22-12-11-17-7-4-5-10-20(17)21(22)15-23-25(31)29(26(32)34-23)16-24(30)28-19-9-6-8-18(27)14-19/h4-12,14-15H,2-3,13,16H2,1H3,(H,28,30)/b23-15-. The van der Waals surface area contributed by atoms with Crippen LogP contribution in [0.2, 0.25) is 5.02 Å². The summed E-state index contributed by atoms with van der Waals surface area (Å²) < 4.78 is 5.99. The SMILES string of the molecule is CCCCOc1ccc2ccccc2c1/C=C1\SC(=O)N(CC(=O)Nc2cccc(Cl)c2)C1=O. The van der Waals surface area contributed by atoms with Crippen LogP contribution in [0.4, 0.5) is 10.5 Å². The fraction of sp³-hybridized carbons (Fsp3) is 0.192. The van der Waals surface area contributed by atoms with Gasteiger partial charge in [0.05, 0.1) is 11.5 Å². The van der Waals surface area contributed by atoms with E-state index in [4.69, 9.17) is 16.3 Å². The van der Waals surface area contributed by atoms with Gasteiger partial charge in [-0.2, -0.15) is 0 Å². The number of anilines is 1. The molecular formula is C26H23ClN2O4S. The van der Waals surface area contributed by atoms with Crippen molar-refractivity contribution in [1.82, 2.24) is 4.90 Å². The number of carbonyl (C=O) groups excluding carboxylic acids is 3. The molecule has 8 heteroatoms. The summed E-state index contributed by atoms with van der Waals surface area (Å²) in [6, 6.07) is 18.3. The molecule has 1 aliphatic heterocycles. The number of thioether (sulfide) groups is 1. The molecule has 174 valence electrons. The molecule has 0 radical (unpaired) electrons. The van der Waals surface area contributed by atoms with E-state index in [9.17, 15) is 14.4 Å². The smallest absolute Gasteiger partial charge is 0.294 e. The van der Waals surface area contributed by atoms with E-state index in [0.29, 0.717) is 23.1 Å². The van der Waals surface area contributed by atoms with E-state index in [1.54, 1.807) is 30.3 Å². The fourth-order valence-corrected chi connectivity index (χ4v) is 4.56. The molecule has 1 N–H and O–H groups in total. The van der Waals surface area contributed by atoms with Gasteiger partial charge < -0.3 is 10.1 Å². The van der Waals surface area contributed by atoms with E-state index in [1.807, 2.05) is 36.4 Å². The van der Waals surface area contributed by atoms with Crippen LogP contribution in [0.15, 0.2) is 65.6 Å². The predicted octanol–water partition coefficient (Wildman–Crippen LogP) is 6.35. The number of imide groups is 1. The zero-order valence-corrected chi connectivity index (χ0v) is 20.1. The summed E-state index contributed by atoms with van der Waals surface area (Å²) in [5.41, 5.74) is 1.23. The Morgan fingerprint density at radius 2 is 1.94 bits per heavy atom. The van der Waals surface area contributed by atoms with Crippen molar-refractivity contribution in [3.8, 4) is 5.75 Å². The molecule has 0 unspecified atom stereocenters. The number of benzene rings is 3.